The van der Waals surface area contributed by atoms with Crippen molar-refractivity contribution in [2.24, 2.45) is 0 Å². The summed E-state index contributed by atoms with van der Waals surface area (Å²) < 4.78 is 26.7. The summed E-state index contributed by atoms with van der Waals surface area (Å²) in [6, 6.07) is 5.21. The predicted octanol–water partition coefficient (Wildman–Crippen LogP) is 1.08. The number of aromatic amines is 1. The monoisotopic (exact) mass is 362 g/mol. The number of benzene rings is 1. The minimum Gasteiger partial charge on any atom is -0.348 e. The van der Waals surface area contributed by atoms with Gasteiger partial charge in [-0.1, -0.05) is 0 Å². The zero-order chi connectivity index (χ0) is 18.7. The van der Waals surface area contributed by atoms with E-state index >= 15 is 0 Å². The van der Waals surface area contributed by atoms with E-state index in [1.807, 2.05) is 0 Å². The fourth-order valence-corrected chi connectivity index (χ4v) is 2.79. The van der Waals surface area contributed by atoms with Gasteiger partial charge in [-0.3, -0.25) is 14.4 Å². The summed E-state index contributed by atoms with van der Waals surface area (Å²) in [4.78, 5) is 36.9. The van der Waals surface area contributed by atoms with Gasteiger partial charge in [-0.25, -0.2) is 13.9 Å². The second-order valence-electron chi connectivity index (χ2n) is 5.97. The minimum atomic E-state index is -0.894. The fraction of sp³-hybridized carbons (Fsp3) is 0.294. The molecule has 0 saturated carbocycles. The molecule has 1 aromatic carbocycles. The maximum absolute atomic E-state index is 13.7. The SMILES string of the molecule is O=C(NC1CCN(C(=O)c2ccc(F)cc2F)CC1)c1ccc(=O)[nH]n1. The van der Waals surface area contributed by atoms with E-state index in [2.05, 4.69) is 15.5 Å². The average molecular weight is 362 g/mol. The molecule has 1 aliphatic rings. The molecule has 136 valence electrons. The summed E-state index contributed by atoms with van der Waals surface area (Å²) in [6.45, 7) is 0.666. The standard InChI is InChI=1S/C17H16F2N4O3/c18-10-1-2-12(13(19)9-10)17(26)23-7-5-11(6-8-23)20-16(25)14-3-4-15(24)22-21-14/h1-4,9,11H,5-8H2,(H,20,25)(H,22,24). The molecular formula is C17H16F2N4O3. The van der Waals surface area contributed by atoms with Crippen molar-refractivity contribution in [3.05, 3.63) is 63.6 Å². The lowest BCUT2D eigenvalue weighted by atomic mass is 10.0. The molecule has 3 rings (SSSR count). The molecule has 0 aliphatic carbocycles. The van der Waals surface area contributed by atoms with Crippen LogP contribution in [-0.2, 0) is 0 Å². The molecule has 2 aromatic rings. The number of carbonyl (C=O) groups excluding carboxylic acids is 2. The van der Waals surface area contributed by atoms with Gasteiger partial charge in [0.1, 0.15) is 17.3 Å². The zero-order valence-corrected chi connectivity index (χ0v) is 13.7. The number of piperidine rings is 1. The number of carbonyl (C=O) groups is 2. The van der Waals surface area contributed by atoms with Gasteiger partial charge < -0.3 is 10.2 Å². The Bertz CT molecular complexity index is 871. The number of halogens is 2. The maximum atomic E-state index is 13.7. The first kappa shape index (κ1) is 17.7. The Kier molecular flexibility index (Phi) is 5.06. The quantitative estimate of drug-likeness (QED) is 0.854. The van der Waals surface area contributed by atoms with E-state index in [4.69, 9.17) is 0 Å². The van der Waals surface area contributed by atoms with Gasteiger partial charge in [0.15, 0.2) is 0 Å². The van der Waals surface area contributed by atoms with Crippen LogP contribution in [0.3, 0.4) is 0 Å². The number of rotatable bonds is 3. The third kappa shape index (κ3) is 3.93. The summed E-state index contributed by atoms with van der Waals surface area (Å²) in [7, 11) is 0. The number of H-pyrrole nitrogens is 1. The molecule has 1 saturated heterocycles. The molecule has 0 bridgehead atoms. The topological polar surface area (TPSA) is 95.2 Å². The number of likely N-dealkylation sites (tertiary alicyclic amines) is 1. The van der Waals surface area contributed by atoms with Crippen LogP contribution in [0, 0.1) is 11.6 Å². The van der Waals surface area contributed by atoms with E-state index in [9.17, 15) is 23.2 Å². The van der Waals surface area contributed by atoms with Crippen LogP contribution in [0.4, 0.5) is 8.78 Å². The third-order valence-electron chi connectivity index (χ3n) is 4.19. The highest BCUT2D eigenvalue weighted by molar-refractivity contribution is 5.94. The van der Waals surface area contributed by atoms with Crippen molar-refractivity contribution < 1.29 is 18.4 Å². The van der Waals surface area contributed by atoms with Crippen LogP contribution in [0.15, 0.2) is 35.1 Å². The lowest BCUT2D eigenvalue weighted by Crippen LogP contribution is -2.46. The molecule has 2 amide bonds. The predicted molar refractivity (Wildman–Crippen MR) is 87.6 cm³/mol. The number of amides is 2. The molecule has 0 atom stereocenters. The van der Waals surface area contributed by atoms with Gasteiger partial charge in [0.25, 0.3) is 17.4 Å². The van der Waals surface area contributed by atoms with Crippen molar-refractivity contribution in [1.82, 2.24) is 20.4 Å². The van der Waals surface area contributed by atoms with E-state index in [-0.39, 0.29) is 17.3 Å². The smallest absolute Gasteiger partial charge is 0.271 e. The van der Waals surface area contributed by atoms with Crippen molar-refractivity contribution in [3.63, 3.8) is 0 Å². The first-order valence-electron chi connectivity index (χ1n) is 8.05. The largest absolute Gasteiger partial charge is 0.348 e. The second-order valence-corrected chi connectivity index (χ2v) is 5.97. The third-order valence-corrected chi connectivity index (χ3v) is 4.19. The highest BCUT2D eigenvalue weighted by atomic mass is 19.1. The van der Waals surface area contributed by atoms with Gasteiger partial charge in [-0.05, 0) is 31.0 Å². The summed E-state index contributed by atoms with van der Waals surface area (Å²) >= 11 is 0. The molecule has 0 spiro atoms. The van der Waals surface area contributed by atoms with E-state index in [0.29, 0.717) is 32.0 Å². The summed E-state index contributed by atoms with van der Waals surface area (Å²) in [6.07, 6.45) is 0.979. The number of nitrogens with one attached hydrogen (secondary N) is 2. The molecule has 2 N–H and O–H groups in total. The Morgan fingerprint density at radius 2 is 1.88 bits per heavy atom. The van der Waals surface area contributed by atoms with Gasteiger partial charge in [-0.2, -0.15) is 5.10 Å². The van der Waals surface area contributed by atoms with Crippen molar-refractivity contribution in [3.8, 4) is 0 Å². The zero-order valence-electron chi connectivity index (χ0n) is 13.7. The van der Waals surface area contributed by atoms with Crippen LogP contribution in [0.25, 0.3) is 0 Å². The van der Waals surface area contributed by atoms with Gasteiger partial charge in [0.05, 0.1) is 5.56 Å². The first-order valence-corrected chi connectivity index (χ1v) is 8.05. The van der Waals surface area contributed by atoms with E-state index in [1.54, 1.807) is 0 Å². The highest BCUT2D eigenvalue weighted by Gasteiger charge is 2.26. The van der Waals surface area contributed by atoms with Crippen molar-refractivity contribution in [1.29, 1.82) is 0 Å². The molecule has 1 aliphatic heterocycles. The van der Waals surface area contributed by atoms with Gasteiger partial charge >= 0.3 is 0 Å². The van der Waals surface area contributed by atoms with Crippen LogP contribution >= 0.6 is 0 Å². The van der Waals surface area contributed by atoms with Gasteiger partial charge in [-0.15, -0.1) is 0 Å². The Balaban J connectivity index is 1.57. The lowest BCUT2D eigenvalue weighted by molar-refractivity contribution is 0.0693. The minimum absolute atomic E-state index is 0.0940. The molecule has 2 heterocycles. The van der Waals surface area contributed by atoms with Crippen LogP contribution < -0.4 is 10.9 Å². The molecule has 1 fully saturated rings. The fourth-order valence-electron chi connectivity index (χ4n) is 2.79. The summed E-state index contributed by atoms with van der Waals surface area (Å²) in [5, 5.41) is 8.63. The summed E-state index contributed by atoms with van der Waals surface area (Å²) in [5.41, 5.74) is -0.482. The number of hydrogen-bond donors (Lipinski definition) is 2. The van der Waals surface area contributed by atoms with Gasteiger partial charge in [0, 0.05) is 31.3 Å². The lowest BCUT2D eigenvalue weighted by Gasteiger charge is -2.32. The number of nitrogens with zero attached hydrogens (tertiary/aromatic N) is 2. The number of hydrogen-bond acceptors (Lipinski definition) is 4. The first-order chi connectivity index (χ1) is 12.4. The number of aromatic nitrogens is 2. The van der Waals surface area contributed by atoms with Crippen LogP contribution in [0.5, 0.6) is 0 Å². The molecule has 26 heavy (non-hydrogen) atoms. The van der Waals surface area contributed by atoms with E-state index in [1.165, 1.54) is 17.0 Å². The molecule has 0 unspecified atom stereocenters. The Morgan fingerprint density at radius 1 is 1.15 bits per heavy atom. The molecule has 1 aromatic heterocycles. The van der Waals surface area contributed by atoms with Crippen molar-refractivity contribution in [2.75, 3.05) is 13.1 Å². The highest BCUT2D eigenvalue weighted by Crippen LogP contribution is 2.17. The average Bonchev–Trinajstić information content (AvgIpc) is 2.62. The van der Waals surface area contributed by atoms with Crippen molar-refractivity contribution >= 4 is 11.8 Å². The van der Waals surface area contributed by atoms with Crippen molar-refractivity contribution in [2.45, 2.75) is 18.9 Å². The van der Waals surface area contributed by atoms with Crippen LogP contribution in [0.1, 0.15) is 33.7 Å². The van der Waals surface area contributed by atoms with Gasteiger partial charge in [0.2, 0.25) is 0 Å². The molecule has 7 nitrogen and oxygen atoms in total. The Labute approximate surface area is 147 Å². The van der Waals surface area contributed by atoms with E-state index in [0.717, 1.165) is 12.1 Å². The molecule has 9 heteroatoms. The summed E-state index contributed by atoms with van der Waals surface area (Å²) in [5.74, 6) is -2.56. The second kappa shape index (κ2) is 7.42. The Hall–Kier alpha value is -3.10. The van der Waals surface area contributed by atoms with Crippen LogP contribution in [-0.4, -0.2) is 46.0 Å². The molecule has 0 radical (unpaired) electrons. The van der Waals surface area contributed by atoms with E-state index < -0.39 is 29.0 Å². The Morgan fingerprint density at radius 3 is 2.50 bits per heavy atom. The molecular weight excluding hydrogens is 346 g/mol. The van der Waals surface area contributed by atoms with Crippen LogP contribution in [0.2, 0.25) is 0 Å². The maximum Gasteiger partial charge on any atom is 0.271 e. The normalized spacial score (nSPS) is 14.9.